The Kier molecular flexibility index (Phi) is 5.73. The van der Waals surface area contributed by atoms with Crippen molar-refractivity contribution >= 4 is 0 Å². The molecule has 0 radical (unpaired) electrons. The SMILES string of the molecule is CC1CN(CCCCNC(C)(C)C)CCO1. The van der Waals surface area contributed by atoms with Gasteiger partial charge in [-0.3, -0.25) is 4.90 Å². The summed E-state index contributed by atoms with van der Waals surface area (Å²) in [7, 11) is 0. The highest BCUT2D eigenvalue weighted by atomic mass is 16.5. The van der Waals surface area contributed by atoms with Crippen LogP contribution in [0.1, 0.15) is 40.5 Å². The van der Waals surface area contributed by atoms with E-state index in [0.29, 0.717) is 6.10 Å². The molecule has 3 nitrogen and oxygen atoms in total. The lowest BCUT2D eigenvalue weighted by molar-refractivity contribution is -0.0185. The Morgan fingerprint density at radius 2 is 2.06 bits per heavy atom. The van der Waals surface area contributed by atoms with Gasteiger partial charge in [0.1, 0.15) is 0 Å². The lowest BCUT2D eigenvalue weighted by Crippen LogP contribution is -2.41. The van der Waals surface area contributed by atoms with Crippen molar-refractivity contribution in [3.63, 3.8) is 0 Å². The van der Waals surface area contributed by atoms with Crippen LogP contribution in [0, 0.1) is 0 Å². The van der Waals surface area contributed by atoms with Gasteiger partial charge in [0.15, 0.2) is 0 Å². The molecule has 1 saturated heterocycles. The van der Waals surface area contributed by atoms with E-state index in [9.17, 15) is 0 Å². The Morgan fingerprint density at radius 3 is 2.69 bits per heavy atom. The highest BCUT2D eigenvalue weighted by Crippen LogP contribution is 2.06. The predicted molar refractivity (Wildman–Crippen MR) is 68.8 cm³/mol. The topological polar surface area (TPSA) is 24.5 Å². The van der Waals surface area contributed by atoms with Gasteiger partial charge in [-0.05, 0) is 53.6 Å². The number of unbranched alkanes of at least 4 members (excludes halogenated alkanes) is 1. The Morgan fingerprint density at radius 1 is 1.31 bits per heavy atom. The third kappa shape index (κ3) is 6.46. The molecule has 0 aromatic rings. The summed E-state index contributed by atoms with van der Waals surface area (Å²) in [5, 5.41) is 3.53. The summed E-state index contributed by atoms with van der Waals surface area (Å²) >= 11 is 0. The highest BCUT2D eigenvalue weighted by Gasteiger charge is 2.15. The van der Waals surface area contributed by atoms with Gasteiger partial charge in [0, 0.05) is 18.6 Å². The van der Waals surface area contributed by atoms with Gasteiger partial charge in [0.05, 0.1) is 12.7 Å². The third-order valence-electron chi connectivity index (χ3n) is 2.88. The van der Waals surface area contributed by atoms with E-state index in [1.807, 2.05) is 0 Å². The van der Waals surface area contributed by atoms with E-state index >= 15 is 0 Å². The molecule has 16 heavy (non-hydrogen) atoms. The minimum atomic E-state index is 0.257. The highest BCUT2D eigenvalue weighted by molar-refractivity contribution is 4.71. The number of nitrogens with one attached hydrogen (secondary N) is 1. The molecule has 0 amide bonds. The molecule has 0 saturated carbocycles. The van der Waals surface area contributed by atoms with Crippen molar-refractivity contribution in [2.45, 2.75) is 52.2 Å². The van der Waals surface area contributed by atoms with Crippen LogP contribution in [-0.4, -0.2) is 49.3 Å². The predicted octanol–water partition coefficient (Wildman–Crippen LogP) is 1.88. The van der Waals surface area contributed by atoms with Gasteiger partial charge >= 0.3 is 0 Å². The summed E-state index contributed by atoms with van der Waals surface area (Å²) in [6.07, 6.45) is 2.97. The summed E-state index contributed by atoms with van der Waals surface area (Å²) in [5.41, 5.74) is 0.257. The van der Waals surface area contributed by atoms with Crippen LogP contribution >= 0.6 is 0 Å². The fourth-order valence-corrected chi connectivity index (χ4v) is 2.02. The first-order chi connectivity index (χ1) is 7.47. The van der Waals surface area contributed by atoms with Crippen LogP contribution in [0.5, 0.6) is 0 Å². The average molecular weight is 228 g/mol. The Balaban J connectivity index is 1.98. The Hall–Kier alpha value is -0.120. The van der Waals surface area contributed by atoms with E-state index < -0.39 is 0 Å². The number of ether oxygens (including phenoxy) is 1. The number of hydrogen-bond donors (Lipinski definition) is 1. The van der Waals surface area contributed by atoms with Crippen LogP contribution in [0.2, 0.25) is 0 Å². The van der Waals surface area contributed by atoms with E-state index in [1.165, 1.54) is 19.4 Å². The molecule has 0 bridgehead atoms. The monoisotopic (exact) mass is 228 g/mol. The molecule has 1 atom stereocenters. The van der Waals surface area contributed by atoms with Gasteiger partial charge in [-0.2, -0.15) is 0 Å². The fraction of sp³-hybridized carbons (Fsp3) is 1.00. The summed E-state index contributed by atoms with van der Waals surface area (Å²) in [5.74, 6) is 0. The van der Waals surface area contributed by atoms with Gasteiger partial charge in [0.2, 0.25) is 0 Å². The summed E-state index contributed by atoms with van der Waals surface area (Å²) in [6.45, 7) is 14.3. The minimum absolute atomic E-state index is 0.257. The van der Waals surface area contributed by atoms with Crippen molar-refractivity contribution in [3.05, 3.63) is 0 Å². The van der Waals surface area contributed by atoms with Crippen molar-refractivity contribution in [3.8, 4) is 0 Å². The van der Waals surface area contributed by atoms with Crippen molar-refractivity contribution in [1.29, 1.82) is 0 Å². The van der Waals surface area contributed by atoms with Gasteiger partial charge in [-0.25, -0.2) is 0 Å². The molecule has 1 unspecified atom stereocenters. The Bertz CT molecular complexity index is 189. The van der Waals surface area contributed by atoms with E-state index in [0.717, 1.165) is 26.2 Å². The molecule has 1 aliphatic rings. The third-order valence-corrected chi connectivity index (χ3v) is 2.88. The van der Waals surface area contributed by atoms with E-state index in [4.69, 9.17) is 4.74 Å². The Labute approximate surface area is 101 Å². The van der Waals surface area contributed by atoms with Crippen molar-refractivity contribution < 1.29 is 4.74 Å². The van der Waals surface area contributed by atoms with Crippen molar-refractivity contribution in [2.24, 2.45) is 0 Å². The number of hydrogen-bond acceptors (Lipinski definition) is 3. The number of nitrogens with zero attached hydrogens (tertiary/aromatic N) is 1. The first-order valence-corrected chi connectivity index (χ1v) is 6.56. The molecular weight excluding hydrogens is 200 g/mol. The van der Waals surface area contributed by atoms with Gasteiger partial charge < -0.3 is 10.1 Å². The fourth-order valence-electron chi connectivity index (χ4n) is 2.02. The number of morpholine rings is 1. The molecule has 1 rings (SSSR count). The maximum Gasteiger partial charge on any atom is 0.0674 e. The standard InChI is InChI=1S/C13H28N2O/c1-12-11-15(9-10-16-12)8-6-5-7-14-13(2,3)4/h12,14H,5-11H2,1-4H3. The van der Waals surface area contributed by atoms with Gasteiger partial charge in [-0.1, -0.05) is 0 Å². The molecule has 1 heterocycles. The minimum Gasteiger partial charge on any atom is -0.376 e. The van der Waals surface area contributed by atoms with Crippen LogP contribution in [0.4, 0.5) is 0 Å². The largest absolute Gasteiger partial charge is 0.376 e. The molecule has 0 aromatic heterocycles. The van der Waals surface area contributed by atoms with Crippen LogP contribution < -0.4 is 5.32 Å². The second-order valence-corrected chi connectivity index (χ2v) is 5.87. The average Bonchev–Trinajstić information content (AvgIpc) is 2.15. The maximum absolute atomic E-state index is 5.53. The summed E-state index contributed by atoms with van der Waals surface area (Å²) in [6, 6.07) is 0. The second kappa shape index (κ2) is 6.58. The smallest absolute Gasteiger partial charge is 0.0674 e. The van der Waals surface area contributed by atoms with Crippen LogP contribution in [-0.2, 0) is 4.74 Å². The van der Waals surface area contributed by atoms with E-state index in [2.05, 4.69) is 37.9 Å². The quantitative estimate of drug-likeness (QED) is 0.727. The lowest BCUT2D eigenvalue weighted by atomic mass is 10.1. The molecule has 1 fully saturated rings. The molecular formula is C13H28N2O. The molecule has 0 aliphatic carbocycles. The second-order valence-electron chi connectivity index (χ2n) is 5.87. The van der Waals surface area contributed by atoms with Gasteiger partial charge in [0.25, 0.3) is 0 Å². The van der Waals surface area contributed by atoms with E-state index in [1.54, 1.807) is 0 Å². The van der Waals surface area contributed by atoms with Crippen LogP contribution in [0.15, 0.2) is 0 Å². The first-order valence-electron chi connectivity index (χ1n) is 6.56. The number of rotatable bonds is 5. The zero-order chi connectivity index (χ0) is 12.0. The van der Waals surface area contributed by atoms with Crippen molar-refractivity contribution in [2.75, 3.05) is 32.8 Å². The van der Waals surface area contributed by atoms with Crippen molar-refractivity contribution in [1.82, 2.24) is 10.2 Å². The summed E-state index contributed by atoms with van der Waals surface area (Å²) < 4.78 is 5.53. The van der Waals surface area contributed by atoms with Gasteiger partial charge in [-0.15, -0.1) is 0 Å². The zero-order valence-corrected chi connectivity index (χ0v) is 11.4. The molecule has 0 aromatic carbocycles. The first kappa shape index (κ1) is 13.9. The normalized spacial score (nSPS) is 23.6. The molecule has 1 aliphatic heterocycles. The van der Waals surface area contributed by atoms with E-state index in [-0.39, 0.29) is 5.54 Å². The molecule has 96 valence electrons. The maximum atomic E-state index is 5.53. The molecule has 3 heteroatoms. The lowest BCUT2D eigenvalue weighted by Gasteiger charge is -2.31. The zero-order valence-electron chi connectivity index (χ0n) is 11.4. The van der Waals surface area contributed by atoms with Crippen LogP contribution in [0.3, 0.4) is 0 Å². The molecule has 0 spiro atoms. The summed E-state index contributed by atoms with van der Waals surface area (Å²) in [4.78, 5) is 2.52. The molecule has 1 N–H and O–H groups in total. The van der Waals surface area contributed by atoms with Crippen LogP contribution in [0.25, 0.3) is 0 Å².